The molecule has 4 rings (SSSR count). The number of fused-ring (bicyclic) bond motifs is 1. The highest BCUT2D eigenvalue weighted by atomic mass is 32.2. The summed E-state index contributed by atoms with van der Waals surface area (Å²) in [5, 5.41) is 16.2. The van der Waals surface area contributed by atoms with Crippen molar-refractivity contribution in [2.24, 2.45) is 10.1 Å². The molecule has 1 aromatic carbocycles. The molecule has 1 N–H and O–H groups in total. The van der Waals surface area contributed by atoms with Crippen LogP contribution in [0.5, 0.6) is 0 Å². The number of para-hydroxylation sites is 1. The number of hydrogen-bond acceptors (Lipinski definition) is 4. The second-order valence-electron chi connectivity index (χ2n) is 8.47. The molecular formula is C26H31N5OS. The van der Waals surface area contributed by atoms with E-state index in [2.05, 4.69) is 66.6 Å². The van der Waals surface area contributed by atoms with E-state index in [1.165, 1.54) is 41.6 Å². The topological polar surface area (TPSA) is 73.8 Å². The summed E-state index contributed by atoms with van der Waals surface area (Å²) >= 11 is 1.41. The van der Waals surface area contributed by atoms with Crippen LogP contribution in [-0.4, -0.2) is 31.5 Å². The number of thioether (sulfide) groups is 1. The van der Waals surface area contributed by atoms with Crippen molar-refractivity contribution >= 4 is 39.8 Å². The van der Waals surface area contributed by atoms with Crippen molar-refractivity contribution in [3.8, 4) is 5.69 Å². The van der Waals surface area contributed by atoms with Crippen LogP contribution >= 0.6 is 11.8 Å². The van der Waals surface area contributed by atoms with Gasteiger partial charge < -0.3 is 4.57 Å². The van der Waals surface area contributed by atoms with Gasteiger partial charge in [0, 0.05) is 17.1 Å². The summed E-state index contributed by atoms with van der Waals surface area (Å²) in [5.41, 5.74) is 5.73. The maximum Gasteiger partial charge on any atom is 0.283 e. The third-order valence-electron chi connectivity index (χ3n) is 6.12. The third kappa shape index (κ3) is 4.60. The highest BCUT2D eigenvalue weighted by Gasteiger charge is 2.35. The summed E-state index contributed by atoms with van der Waals surface area (Å²) in [7, 11) is 0. The van der Waals surface area contributed by atoms with Crippen LogP contribution < -0.4 is 0 Å². The number of unbranched alkanes of at least 4 members (excludes halogenated alkanes) is 3. The predicted octanol–water partition coefficient (Wildman–Crippen LogP) is 6.25. The Kier molecular flexibility index (Phi) is 6.98. The number of rotatable bonds is 8. The number of hydrogen-bond donors (Lipinski definition) is 1. The summed E-state index contributed by atoms with van der Waals surface area (Å²) in [6.45, 7) is 8.46. The van der Waals surface area contributed by atoms with Crippen LogP contribution in [0.25, 0.3) is 11.8 Å². The minimum atomic E-state index is -0.375. The predicted molar refractivity (Wildman–Crippen MR) is 138 cm³/mol. The fraction of sp³-hybridized carbons (Fsp3) is 0.385. The van der Waals surface area contributed by atoms with E-state index in [-0.39, 0.29) is 17.3 Å². The summed E-state index contributed by atoms with van der Waals surface area (Å²) < 4.78 is 2.22. The van der Waals surface area contributed by atoms with Crippen LogP contribution in [-0.2, 0) is 11.2 Å². The van der Waals surface area contributed by atoms with Gasteiger partial charge in [-0.1, -0.05) is 51.3 Å². The standard InChI is InChI=1S/C26H31N5OS/c1-5-7-8-9-14-23-29-31-24(27)21(25(32)28-26(31)33-23)16-20-15-17(3)30(18(20)4)22-13-11-10-12-19(22)6-2/h10-13,15-16,27H,5-9,14H2,1-4H3/b21-16+,27-24?. The Bertz CT molecular complexity index is 1190. The Morgan fingerprint density at radius 3 is 2.67 bits per heavy atom. The first-order valence-corrected chi connectivity index (χ1v) is 12.5. The Morgan fingerprint density at radius 1 is 1.12 bits per heavy atom. The van der Waals surface area contributed by atoms with Gasteiger partial charge in [-0.2, -0.15) is 15.1 Å². The molecule has 0 fully saturated rings. The number of aromatic nitrogens is 1. The Hall–Kier alpha value is -2.93. The maximum absolute atomic E-state index is 12.8. The molecule has 0 radical (unpaired) electrons. The molecule has 172 valence electrons. The van der Waals surface area contributed by atoms with E-state index in [9.17, 15) is 4.79 Å². The average Bonchev–Trinajstić information content (AvgIpc) is 3.33. The largest absolute Gasteiger partial charge is 0.318 e. The van der Waals surface area contributed by atoms with Crippen molar-refractivity contribution in [3.63, 3.8) is 0 Å². The van der Waals surface area contributed by atoms with Gasteiger partial charge in [0.15, 0.2) is 5.84 Å². The van der Waals surface area contributed by atoms with Crippen LogP contribution in [0.15, 0.2) is 46.0 Å². The molecule has 2 aliphatic heterocycles. The van der Waals surface area contributed by atoms with Crippen molar-refractivity contribution in [1.82, 2.24) is 9.58 Å². The third-order valence-corrected chi connectivity index (χ3v) is 7.09. The van der Waals surface area contributed by atoms with Gasteiger partial charge >= 0.3 is 0 Å². The highest BCUT2D eigenvalue weighted by molar-refractivity contribution is 8.26. The Balaban J connectivity index is 1.62. The highest BCUT2D eigenvalue weighted by Crippen LogP contribution is 2.31. The molecule has 0 saturated heterocycles. The molecule has 1 amide bonds. The molecule has 6 nitrogen and oxygen atoms in total. The van der Waals surface area contributed by atoms with Gasteiger partial charge in [-0.3, -0.25) is 10.2 Å². The first-order valence-electron chi connectivity index (χ1n) is 11.7. The molecule has 3 heterocycles. The van der Waals surface area contributed by atoms with Gasteiger partial charge in [0.25, 0.3) is 5.91 Å². The molecule has 2 aromatic rings. The quantitative estimate of drug-likeness (QED) is 0.373. The number of amidine groups is 2. The van der Waals surface area contributed by atoms with Gasteiger partial charge in [0.05, 0.1) is 5.57 Å². The number of benzene rings is 1. The van der Waals surface area contributed by atoms with Gasteiger partial charge in [-0.05, 0) is 74.2 Å². The van der Waals surface area contributed by atoms with E-state index in [1.54, 1.807) is 6.08 Å². The number of carbonyl (C=O) groups excluding carboxylic acids is 1. The number of hydrazone groups is 1. The number of aryl methyl sites for hydroxylation is 2. The van der Waals surface area contributed by atoms with Gasteiger partial charge in [0.1, 0.15) is 5.04 Å². The molecule has 0 spiro atoms. The second-order valence-corrected chi connectivity index (χ2v) is 9.51. The lowest BCUT2D eigenvalue weighted by Gasteiger charge is -2.20. The molecule has 0 bridgehead atoms. The molecule has 7 heteroatoms. The average molecular weight is 462 g/mol. The fourth-order valence-electron chi connectivity index (χ4n) is 4.32. The molecule has 0 unspecified atom stereocenters. The first kappa shape index (κ1) is 23.2. The Morgan fingerprint density at radius 2 is 1.91 bits per heavy atom. The van der Waals surface area contributed by atoms with Crippen molar-refractivity contribution in [2.45, 2.75) is 66.2 Å². The number of nitrogens with zero attached hydrogens (tertiary/aromatic N) is 4. The lowest BCUT2D eigenvalue weighted by molar-refractivity contribution is -0.114. The summed E-state index contributed by atoms with van der Waals surface area (Å²) in [6.07, 6.45) is 8.23. The normalized spacial score (nSPS) is 17.0. The molecule has 0 atom stereocenters. The van der Waals surface area contributed by atoms with Crippen LogP contribution in [0.2, 0.25) is 0 Å². The zero-order chi connectivity index (χ0) is 23.5. The van der Waals surface area contributed by atoms with Crippen molar-refractivity contribution in [1.29, 1.82) is 5.41 Å². The SMILES string of the molecule is CCCCCCC1=NN2C(=N)/C(=C\c3cc(C)n(-c4ccccc4CC)c3C)C(=O)N=C2S1. The lowest BCUT2D eigenvalue weighted by atomic mass is 10.1. The number of aliphatic imine (C=N–C) groups is 1. The number of carbonyl (C=O) groups is 1. The summed E-state index contributed by atoms with van der Waals surface area (Å²) in [5.74, 6) is -0.278. The zero-order valence-electron chi connectivity index (χ0n) is 19.8. The minimum Gasteiger partial charge on any atom is -0.318 e. The maximum atomic E-state index is 12.8. The molecular weight excluding hydrogens is 430 g/mol. The second kappa shape index (κ2) is 9.91. The smallest absolute Gasteiger partial charge is 0.283 e. The summed E-state index contributed by atoms with van der Waals surface area (Å²) in [4.78, 5) is 17.1. The molecule has 1 aromatic heterocycles. The van der Waals surface area contributed by atoms with Crippen LogP contribution in [0.4, 0.5) is 0 Å². The monoisotopic (exact) mass is 461 g/mol. The van der Waals surface area contributed by atoms with Gasteiger partial charge in [-0.15, -0.1) is 0 Å². The van der Waals surface area contributed by atoms with Gasteiger partial charge in [-0.25, -0.2) is 0 Å². The number of nitrogens with one attached hydrogen (secondary N) is 1. The van der Waals surface area contributed by atoms with E-state index < -0.39 is 0 Å². The van der Waals surface area contributed by atoms with Crippen molar-refractivity contribution in [2.75, 3.05) is 0 Å². The van der Waals surface area contributed by atoms with Crippen molar-refractivity contribution in [3.05, 3.63) is 58.4 Å². The minimum absolute atomic E-state index is 0.0971. The molecule has 0 saturated carbocycles. The lowest BCUT2D eigenvalue weighted by Crippen LogP contribution is -2.35. The van der Waals surface area contributed by atoms with E-state index in [1.807, 2.05) is 6.07 Å². The summed E-state index contributed by atoms with van der Waals surface area (Å²) in [6, 6.07) is 10.4. The molecule has 2 aliphatic rings. The zero-order valence-corrected chi connectivity index (χ0v) is 20.6. The van der Waals surface area contributed by atoms with Crippen LogP contribution in [0, 0.1) is 19.3 Å². The van der Waals surface area contributed by atoms with Gasteiger partial charge in [0.2, 0.25) is 5.17 Å². The van der Waals surface area contributed by atoms with Crippen LogP contribution in [0.1, 0.15) is 68.5 Å². The van der Waals surface area contributed by atoms with Crippen LogP contribution in [0.3, 0.4) is 0 Å². The fourth-order valence-corrected chi connectivity index (χ4v) is 5.25. The van der Waals surface area contributed by atoms with E-state index in [0.29, 0.717) is 5.17 Å². The molecule has 0 aliphatic carbocycles. The Labute approximate surface area is 200 Å². The van der Waals surface area contributed by atoms with E-state index in [0.717, 1.165) is 46.9 Å². The molecule has 33 heavy (non-hydrogen) atoms. The van der Waals surface area contributed by atoms with E-state index in [4.69, 9.17) is 5.41 Å². The van der Waals surface area contributed by atoms with E-state index >= 15 is 0 Å². The number of amides is 1. The first-order chi connectivity index (χ1) is 15.9. The van der Waals surface area contributed by atoms with Crippen molar-refractivity contribution < 1.29 is 4.79 Å².